The maximum Gasteiger partial charge on any atom is 0.356 e. The number of para-hydroxylation sites is 2. The second-order valence-corrected chi connectivity index (χ2v) is 3.29. The van der Waals surface area contributed by atoms with Crippen molar-refractivity contribution in [2.24, 2.45) is 0 Å². The molecule has 1 aromatic carbocycles. The van der Waals surface area contributed by atoms with Crippen LogP contribution in [0, 0.1) is 0 Å². The Morgan fingerprint density at radius 2 is 2.18 bits per heavy atom. The molecule has 0 fully saturated rings. The number of nitrogens with one attached hydrogen (secondary N) is 1. The normalized spacial score (nSPS) is 10.1. The molecule has 0 saturated carbocycles. The van der Waals surface area contributed by atoms with Gasteiger partial charge in [0, 0.05) is 0 Å². The summed E-state index contributed by atoms with van der Waals surface area (Å²) >= 11 is 0. The smallest absolute Gasteiger partial charge is 0.356 e. The quantitative estimate of drug-likeness (QED) is 0.743. The van der Waals surface area contributed by atoms with Gasteiger partial charge in [-0.15, -0.1) is 0 Å². The lowest BCUT2D eigenvalue weighted by Gasteiger charge is -2.06. The van der Waals surface area contributed by atoms with Crippen LogP contribution in [0.4, 0.5) is 0 Å². The van der Waals surface area contributed by atoms with E-state index < -0.39 is 5.97 Å². The first-order valence-corrected chi connectivity index (χ1v) is 4.85. The van der Waals surface area contributed by atoms with E-state index in [1.807, 2.05) is 0 Å². The van der Waals surface area contributed by atoms with Gasteiger partial charge in [-0.2, -0.15) is 0 Å². The Bertz CT molecular complexity index is 536. The van der Waals surface area contributed by atoms with Crippen molar-refractivity contribution in [3.63, 3.8) is 0 Å². The number of aromatic nitrogens is 2. The molecule has 0 atom stereocenters. The molecule has 3 N–H and O–H groups in total. The van der Waals surface area contributed by atoms with Crippen molar-refractivity contribution in [1.29, 1.82) is 0 Å². The summed E-state index contributed by atoms with van der Waals surface area (Å²) in [7, 11) is 0. The Kier molecular flexibility index (Phi) is 2.95. The zero-order chi connectivity index (χ0) is 12.3. The monoisotopic (exact) mass is 234 g/mol. The van der Waals surface area contributed by atoms with E-state index in [0.717, 1.165) is 0 Å². The third-order valence-corrected chi connectivity index (χ3v) is 2.16. The van der Waals surface area contributed by atoms with Crippen LogP contribution in [-0.4, -0.2) is 26.2 Å². The highest BCUT2D eigenvalue weighted by Crippen LogP contribution is 2.25. The van der Waals surface area contributed by atoms with Gasteiger partial charge in [-0.25, -0.2) is 9.78 Å². The molecule has 17 heavy (non-hydrogen) atoms. The van der Waals surface area contributed by atoms with Crippen molar-refractivity contribution in [3.05, 3.63) is 42.0 Å². The Morgan fingerprint density at radius 1 is 1.41 bits per heavy atom. The van der Waals surface area contributed by atoms with Crippen LogP contribution >= 0.6 is 0 Å². The van der Waals surface area contributed by atoms with Gasteiger partial charge in [-0.1, -0.05) is 12.1 Å². The van der Waals surface area contributed by atoms with Crippen LogP contribution in [0.1, 0.15) is 16.2 Å². The molecule has 1 aromatic heterocycles. The molecule has 0 amide bonds. The summed E-state index contributed by atoms with van der Waals surface area (Å²) in [5.74, 6) is -0.829. The van der Waals surface area contributed by atoms with Crippen LogP contribution in [0.3, 0.4) is 0 Å². The minimum absolute atomic E-state index is 0.000787. The van der Waals surface area contributed by atoms with Gasteiger partial charge in [-0.3, -0.25) is 0 Å². The number of ether oxygens (including phenoxy) is 1. The summed E-state index contributed by atoms with van der Waals surface area (Å²) in [6.07, 6.45) is 1.28. The van der Waals surface area contributed by atoms with Crippen molar-refractivity contribution < 1.29 is 19.7 Å². The molecule has 0 spiro atoms. The number of rotatable bonds is 4. The number of imidazole rings is 1. The zero-order valence-corrected chi connectivity index (χ0v) is 8.75. The number of aromatic carboxylic acids is 1. The Labute approximate surface area is 96.5 Å². The first-order valence-electron chi connectivity index (χ1n) is 4.85. The van der Waals surface area contributed by atoms with Crippen LogP contribution in [-0.2, 0) is 6.61 Å². The lowest BCUT2D eigenvalue weighted by Crippen LogP contribution is -2.05. The molecule has 6 nitrogen and oxygen atoms in total. The maximum atomic E-state index is 10.8. The summed E-state index contributed by atoms with van der Waals surface area (Å²) in [6.45, 7) is -0.000787. The van der Waals surface area contributed by atoms with Gasteiger partial charge in [0.15, 0.2) is 17.2 Å². The lowest BCUT2D eigenvalue weighted by molar-refractivity contribution is 0.0688. The minimum Gasteiger partial charge on any atom is -0.504 e. The van der Waals surface area contributed by atoms with Crippen molar-refractivity contribution in [3.8, 4) is 11.5 Å². The highest BCUT2D eigenvalue weighted by molar-refractivity contribution is 5.86. The molecule has 0 aliphatic heterocycles. The van der Waals surface area contributed by atoms with E-state index >= 15 is 0 Å². The Morgan fingerprint density at radius 3 is 2.88 bits per heavy atom. The van der Waals surface area contributed by atoms with Crippen LogP contribution < -0.4 is 4.74 Å². The molecule has 88 valence electrons. The maximum absolute atomic E-state index is 10.8. The molecule has 0 aliphatic carbocycles. The zero-order valence-electron chi connectivity index (χ0n) is 8.75. The summed E-state index contributed by atoms with van der Waals surface area (Å²) in [4.78, 5) is 17.1. The van der Waals surface area contributed by atoms with E-state index in [4.69, 9.17) is 9.84 Å². The fourth-order valence-corrected chi connectivity index (χ4v) is 1.34. The third-order valence-electron chi connectivity index (χ3n) is 2.16. The summed E-state index contributed by atoms with van der Waals surface area (Å²) in [6, 6.07) is 6.45. The predicted molar refractivity (Wildman–Crippen MR) is 58.0 cm³/mol. The number of nitrogens with zero attached hydrogens (tertiary/aromatic N) is 1. The molecule has 0 aliphatic rings. The minimum atomic E-state index is -1.12. The van der Waals surface area contributed by atoms with E-state index in [1.165, 1.54) is 12.4 Å². The number of carbonyl (C=O) groups is 1. The first-order chi connectivity index (χ1) is 8.18. The standard InChI is InChI=1S/C11H10N2O4/c14-8-3-1-2-4-9(8)17-5-7-10(11(15)16)13-6-12-7/h1-4,6,14H,5H2,(H,12,13)(H,15,16). The Balaban J connectivity index is 2.10. The van der Waals surface area contributed by atoms with Crippen LogP contribution in [0.15, 0.2) is 30.6 Å². The number of benzene rings is 1. The number of aromatic hydroxyl groups is 1. The number of hydrogen-bond acceptors (Lipinski definition) is 4. The summed E-state index contributed by atoms with van der Waals surface area (Å²) in [5, 5.41) is 18.3. The highest BCUT2D eigenvalue weighted by atomic mass is 16.5. The number of carboxylic acids is 1. The average Bonchev–Trinajstić information content (AvgIpc) is 2.76. The number of hydrogen-bond donors (Lipinski definition) is 3. The van der Waals surface area contributed by atoms with E-state index in [-0.39, 0.29) is 18.1 Å². The third kappa shape index (κ3) is 2.36. The van der Waals surface area contributed by atoms with Crippen LogP contribution in [0.5, 0.6) is 11.5 Å². The van der Waals surface area contributed by atoms with Gasteiger partial charge >= 0.3 is 5.97 Å². The van der Waals surface area contributed by atoms with Gasteiger partial charge in [0.05, 0.1) is 12.0 Å². The second kappa shape index (κ2) is 4.56. The summed E-state index contributed by atoms with van der Waals surface area (Å²) < 4.78 is 5.29. The number of phenolic OH excluding ortho intramolecular Hbond substituents is 1. The predicted octanol–water partition coefficient (Wildman–Crippen LogP) is 1.39. The molecule has 1 heterocycles. The van der Waals surface area contributed by atoms with Gasteiger partial charge in [0.1, 0.15) is 6.61 Å². The number of carboxylic acid groups (broad SMARTS) is 1. The van der Waals surface area contributed by atoms with Gasteiger partial charge in [0.2, 0.25) is 0 Å². The lowest BCUT2D eigenvalue weighted by atomic mass is 10.3. The highest BCUT2D eigenvalue weighted by Gasteiger charge is 2.13. The molecule has 0 bridgehead atoms. The van der Waals surface area contributed by atoms with Crippen LogP contribution in [0.2, 0.25) is 0 Å². The van der Waals surface area contributed by atoms with Gasteiger partial charge in [-0.05, 0) is 12.1 Å². The van der Waals surface area contributed by atoms with Crippen molar-refractivity contribution in [2.75, 3.05) is 0 Å². The molecule has 2 rings (SSSR count). The molecular weight excluding hydrogens is 224 g/mol. The first kappa shape index (κ1) is 11.0. The number of H-pyrrole nitrogens is 1. The molecule has 6 heteroatoms. The molecule has 0 radical (unpaired) electrons. The molecule has 2 aromatic rings. The van der Waals surface area contributed by atoms with E-state index in [2.05, 4.69) is 9.97 Å². The van der Waals surface area contributed by atoms with Gasteiger partial charge < -0.3 is 19.9 Å². The average molecular weight is 234 g/mol. The van der Waals surface area contributed by atoms with E-state index in [9.17, 15) is 9.90 Å². The van der Waals surface area contributed by atoms with Crippen LogP contribution in [0.25, 0.3) is 0 Å². The van der Waals surface area contributed by atoms with Gasteiger partial charge in [0.25, 0.3) is 0 Å². The number of aromatic amines is 1. The number of phenols is 1. The molecule has 0 unspecified atom stereocenters. The second-order valence-electron chi connectivity index (χ2n) is 3.29. The van der Waals surface area contributed by atoms with E-state index in [1.54, 1.807) is 18.2 Å². The molecule has 0 saturated heterocycles. The topological polar surface area (TPSA) is 95.4 Å². The van der Waals surface area contributed by atoms with Crippen molar-refractivity contribution in [1.82, 2.24) is 9.97 Å². The molecular formula is C11H10N2O4. The Hall–Kier alpha value is -2.50. The SMILES string of the molecule is O=C(O)c1nc[nH]c1COc1ccccc1O. The van der Waals surface area contributed by atoms with Crippen molar-refractivity contribution in [2.45, 2.75) is 6.61 Å². The van der Waals surface area contributed by atoms with E-state index in [0.29, 0.717) is 11.4 Å². The fourth-order valence-electron chi connectivity index (χ4n) is 1.34. The summed E-state index contributed by atoms with van der Waals surface area (Å²) in [5.41, 5.74) is 0.265. The largest absolute Gasteiger partial charge is 0.504 e. The fraction of sp³-hybridized carbons (Fsp3) is 0.0909. The van der Waals surface area contributed by atoms with Crippen molar-refractivity contribution >= 4 is 5.97 Å².